The summed E-state index contributed by atoms with van der Waals surface area (Å²) in [5.41, 5.74) is 1.32. The third kappa shape index (κ3) is 5.52. The van der Waals surface area contributed by atoms with Gasteiger partial charge in [0.05, 0.1) is 11.8 Å². The molecular formula is C26H25N5O2S. The molecule has 0 fully saturated rings. The maximum atomic E-state index is 12.6. The van der Waals surface area contributed by atoms with Crippen molar-refractivity contribution in [3.63, 3.8) is 0 Å². The summed E-state index contributed by atoms with van der Waals surface area (Å²) in [6.07, 6.45) is 1.73. The van der Waals surface area contributed by atoms with Crippen molar-refractivity contribution in [2.75, 3.05) is 11.1 Å². The summed E-state index contributed by atoms with van der Waals surface area (Å²) in [5, 5.41) is 17.2. The Bertz CT molecular complexity index is 1320. The first-order valence-corrected chi connectivity index (χ1v) is 11.8. The summed E-state index contributed by atoms with van der Waals surface area (Å²) < 4.78 is 1.86. The van der Waals surface area contributed by atoms with Gasteiger partial charge < -0.3 is 15.2 Å². The summed E-state index contributed by atoms with van der Waals surface area (Å²) in [5.74, 6) is 0.444. The largest absolute Gasteiger partial charge is 0.342 e. The highest BCUT2D eigenvalue weighted by atomic mass is 32.2. The van der Waals surface area contributed by atoms with Crippen LogP contribution in [0.5, 0.6) is 0 Å². The molecule has 0 saturated carbocycles. The van der Waals surface area contributed by atoms with Crippen molar-refractivity contribution in [1.29, 1.82) is 0 Å². The topological polar surface area (TPSA) is 88.9 Å². The molecule has 8 heteroatoms. The second-order valence-corrected chi connectivity index (χ2v) is 8.64. The van der Waals surface area contributed by atoms with Crippen LogP contribution in [0.1, 0.15) is 29.1 Å². The average Bonchev–Trinajstić information content (AvgIpc) is 3.26. The van der Waals surface area contributed by atoms with E-state index >= 15 is 0 Å². The molecule has 4 rings (SSSR count). The Morgan fingerprint density at radius 3 is 2.53 bits per heavy atom. The van der Waals surface area contributed by atoms with Gasteiger partial charge in [-0.1, -0.05) is 66.4 Å². The SMILES string of the molecule is C=CCn1c(SCC(=O)Nc2ccc3ccccc3c2)nnc1[C@H](C)NC(=O)c1ccccc1. The molecule has 2 amide bonds. The van der Waals surface area contributed by atoms with Crippen molar-refractivity contribution in [3.8, 4) is 0 Å². The molecule has 1 aromatic heterocycles. The van der Waals surface area contributed by atoms with Gasteiger partial charge in [0.25, 0.3) is 5.91 Å². The quantitative estimate of drug-likeness (QED) is 0.269. The fourth-order valence-corrected chi connectivity index (χ4v) is 4.31. The van der Waals surface area contributed by atoms with Crippen LogP contribution in [0.15, 0.2) is 90.6 Å². The Hall–Kier alpha value is -3.91. The molecule has 1 atom stereocenters. The number of allylic oxidation sites excluding steroid dienone is 1. The first kappa shape index (κ1) is 23.3. The van der Waals surface area contributed by atoms with E-state index in [2.05, 4.69) is 27.4 Å². The lowest BCUT2D eigenvalue weighted by atomic mass is 10.1. The highest BCUT2D eigenvalue weighted by Gasteiger charge is 2.20. The number of thioether (sulfide) groups is 1. The molecule has 172 valence electrons. The minimum atomic E-state index is -0.374. The molecule has 0 saturated heterocycles. The van der Waals surface area contributed by atoms with Gasteiger partial charge in [0, 0.05) is 17.8 Å². The zero-order chi connectivity index (χ0) is 23.9. The van der Waals surface area contributed by atoms with Crippen molar-refractivity contribution in [2.45, 2.75) is 24.7 Å². The average molecular weight is 472 g/mol. The normalized spacial score (nSPS) is 11.7. The van der Waals surface area contributed by atoms with Crippen LogP contribution in [0.25, 0.3) is 10.8 Å². The van der Waals surface area contributed by atoms with Gasteiger partial charge >= 0.3 is 0 Å². The maximum absolute atomic E-state index is 12.6. The highest BCUT2D eigenvalue weighted by molar-refractivity contribution is 7.99. The minimum Gasteiger partial charge on any atom is -0.342 e. The molecule has 0 radical (unpaired) electrons. The predicted molar refractivity (Wildman–Crippen MR) is 136 cm³/mol. The standard InChI is InChI=1S/C26H25N5O2S/c1-3-15-31-24(18(2)27-25(33)20-10-5-4-6-11-20)29-30-26(31)34-17-23(32)28-22-14-13-19-9-7-8-12-21(19)16-22/h3-14,16,18H,1,15,17H2,2H3,(H,27,33)(H,28,32)/t18-/m0/s1. The molecule has 34 heavy (non-hydrogen) atoms. The lowest BCUT2D eigenvalue weighted by molar-refractivity contribution is -0.113. The van der Waals surface area contributed by atoms with Crippen LogP contribution in [0.2, 0.25) is 0 Å². The Labute approximate surface area is 202 Å². The van der Waals surface area contributed by atoms with Gasteiger partial charge in [-0.15, -0.1) is 16.8 Å². The molecule has 3 aromatic carbocycles. The van der Waals surface area contributed by atoms with Crippen LogP contribution in [0.3, 0.4) is 0 Å². The van der Waals surface area contributed by atoms with E-state index in [1.54, 1.807) is 18.2 Å². The zero-order valence-corrected chi connectivity index (χ0v) is 19.6. The molecule has 0 spiro atoms. The van der Waals surface area contributed by atoms with Crippen LogP contribution < -0.4 is 10.6 Å². The monoisotopic (exact) mass is 471 g/mol. The van der Waals surface area contributed by atoms with Gasteiger partial charge in [0.15, 0.2) is 11.0 Å². The van der Waals surface area contributed by atoms with E-state index in [9.17, 15) is 9.59 Å². The summed E-state index contributed by atoms with van der Waals surface area (Å²) in [6.45, 7) is 6.12. The van der Waals surface area contributed by atoms with E-state index in [0.717, 1.165) is 16.5 Å². The number of nitrogens with zero attached hydrogens (tertiary/aromatic N) is 3. The van der Waals surface area contributed by atoms with E-state index in [4.69, 9.17) is 0 Å². The second-order valence-electron chi connectivity index (χ2n) is 7.70. The van der Waals surface area contributed by atoms with E-state index in [0.29, 0.717) is 23.1 Å². The highest BCUT2D eigenvalue weighted by Crippen LogP contribution is 2.23. The van der Waals surface area contributed by atoms with Crippen molar-refractivity contribution >= 4 is 40.0 Å². The molecule has 0 unspecified atom stereocenters. The molecule has 0 bridgehead atoms. The fourth-order valence-electron chi connectivity index (χ4n) is 3.56. The van der Waals surface area contributed by atoms with Crippen molar-refractivity contribution in [2.24, 2.45) is 0 Å². The van der Waals surface area contributed by atoms with Crippen LogP contribution in [0.4, 0.5) is 5.69 Å². The number of nitrogens with one attached hydrogen (secondary N) is 2. The number of carbonyl (C=O) groups excluding carboxylic acids is 2. The molecule has 7 nitrogen and oxygen atoms in total. The van der Waals surface area contributed by atoms with Crippen LogP contribution in [0, 0.1) is 0 Å². The summed E-state index contributed by atoms with van der Waals surface area (Å²) in [7, 11) is 0. The van der Waals surface area contributed by atoms with E-state index in [1.165, 1.54) is 11.8 Å². The maximum Gasteiger partial charge on any atom is 0.251 e. The number of anilines is 1. The van der Waals surface area contributed by atoms with Crippen molar-refractivity contribution in [3.05, 3.63) is 96.8 Å². The van der Waals surface area contributed by atoms with E-state index in [1.807, 2.05) is 72.2 Å². The van der Waals surface area contributed by atoms with Gasteiger partial charge in [-0.3, -0.25) is 9.59 Å². The summed E-state index contributed by atoms with van der Waals surface area (Å²) in [6, 6.07) is 22.5. The molecule has 2 N–H and O–H groups in total. The number of carbonyl (C=O) groups is 2. The number of hydrogen-bond acceptors (Lipinski definition) is 5. The number of benzene rings is 3. The van der Waals surface area contributed by atoms with Crippen LogP contribution in [-0.4, -0.2) is 32.3 Å². The third-order valence-electron chi connectivity index (χ3n) is 5.19. The number of aromatic nitrogens is 3. The number of rotatable bonds is 9. The Morgan fingerprint density at radius 2 is 1.76 bits per heavy atom. The molecule has 0 aliphatic heterocycles. The molecule has 0 aliphatic rings. The van der Waals surface area contributed by atoms with Gasteiger partial charge in [-0.25, -0.2) is 0 Å². The third-order valence-corrected chi connectivity index (χ3v) is 6.16. The molecule has 0 aliphatic carbocycles. The molecule has 1 heterocycles. The first-order chi connectivity index (χ1) is 16.5. The Balaban J connectivity index is 1.41. The Kier molecular flexibility index (Phi) is 7.39. The summed E-state index contributed by atoms with van der Waals surface area (Å²) in [4.78, 5) is 25.1. The zero-order valence-electron chi connectivity index (χ0n) is 18.8. The molecular weight excluding hydrogens is 446 g/mol. The van der Waals surface area contributed by atoms with Gasteiger partial charge in [-0.2, -0.15) is 0 Å². The van der Waals surface area contributed by atoms with Crippen LogP contribution >= 0.6 is 11.8 Å². The lowest BCUT2D eigenvalue weighted by Crippen LogP contribution is -2.28. The van der Waals surface area contributed by atoms with E-state index < -0.39 is 0 Å². The van der Waals surface area contributed by atoms with Gasteiger partial charge in [0.1, 0.15) is 0 Å². The van der Waals surface area contributed by atoms with E-state index in [-0.39, 0.29) is 23.6 Å². The number of amides is 2. The predicted octanol–water partition coefficient (Wildman–Crippen LogP) is 4.84. The second kappa shape index (κ2) is 10.8. The Morgan fingerprint density at radius 1 is 1.03 bits per heavy atom. The van der Waals surface area contributed by atoms with Crippen molar-refractivity contribution < 1.29 is 9.59 Å². The van der Waals surface area contributed by atoms with Gasteiger partial charge in [-0.05, 0) is 42.0 Å². The fraction of sp³-hybridized carbons (Fsp3) is 0.154. The number of fused-ring (bicyclic) bond motifs is 1. The summed E-state index contributed by atoms with van der Waals surface area (Å²) >= 11 is 1.29. The molecule has 4 aromatic rings. The lowest BCUT2D eigenvalue weighted by Gasteiger charge is -2.15. The van der Waals surface area contributed by atoms with Crippen molar-refractivity contribution in [1.82, 2.24) is 20.1 Å². The first-order valence-electron chi connectivity index (χ1n) is 10.9. The smallest absolute Gasteiger partial charge is 0.251 e. The number of hydrogen-bond donors (Lipinski definition) is 2. The van der Waals surface area contributed by atoms with Gasteiger partial charge in [0.2, 0.25) is 5.91 Å². The van der Waals surface area contributed by atoms with Crippen LogP contribution in [-0.2, 0) is 11.3 Å². The minimum absolute atomic E-state index is 0.139.